The predicted octanol–water partition coefficient (Wildman–Crippen LogP) is 3.68. The lowest BCUT2D eigenvalue weighted by molar-refractivity contribution is 0.0322. The first-order chi connectivity index (χ1) is 9.10. The van der Waals surface area contributed by atoms with E-state index in [-0.39, 0.29) is 18.0 Å². The molecule has 0 saturated carbocycles. The van der Waals surface area contributed by atoms with Gasteiger partial charge in [0.2, 0.25) is 0 Å². The molecule has 1 aromatic rings. The van der Waals surface area contributed by atoms with Gasteiger partial charge in [0.1, 0.15) is 5.82 Å². The van der Waals surface area contributed by atoms with Crippen LogP contribution in [0.3, 0.4) is 0 Å². The van der Waals surface area contributed by atoms with E-state index < -0.39 is 0 Å². The summed E-state index contributed by atoms with van der Waals surface area (Å²) in [4.78, 5) is 0. The van der Waals surface area contributed by atoms with Crippen molar-refractivity contribution in [3.8, 4) is 0 Å². The number of rotatable bonds is 5. The van der Waals surface area contributed by atoms with Gasteiger partial charge in [0, 0.05) is 10.5 Å². The highest BCUT2D eigenvalue weighted by atomic mass is 79.9. The molecule has 1 aromatic carbocycles. The van der Waals surface area contributed by atoms with Crippen molar-refractivity contribution in [1.82, 2.24) is 5.32 Å². The second kappa shape index (κ2) is 6.82. The molecule has 0 radical (unpaired) electrons. The summed E-state index contributed by atoms with van der Waals surface area (Å²) in [7, 11) is 0. The van der Waals surface area contributed by atoms with E-state index in [1.807, 2.05) is 12.1 Å². The van der Waals surface area contributed by atoms with E-state index in [0.29, 0.717) is 12.5 Å². The molecule has 0 bridgehead atoms. The standard InChI is InChI=1S/C15H21BrFNO/c1-3-18-14(15-7-4-10(2)19-15)8-11-5-6-12(16)9-13(11)17/h5-6,9-10,14-15,18H,3-4,7-8H2,1-2H3. The Morgan fingerprint density at radius 2 is 2.26 bits per heavy atom. The highest BCUT2D eigenvalue weighted by Crippen LogP contribution is 2.25. The van der Waals surface area contributed by atoms with Crippen LogP contribution in [0.15, 0.2) is 22.7 Å². The van der Waals surface area contributed by atoms with Gasteiger partial charge in [-0.2, -0.15) is 0 Å². The normalized spacial score (nSPS) is 24.6. The van der Waals surface area contributed by atoms with Crippen molar-refractivity contribution in [1.29, 1.82) is 0 Å². The van der Waals surface area contributed by atoms with Crippen LogP contribution in [0.2, 0.25) is 0 Å². The lowest BCUT2D eigenvalue weighted by atomic mass is 9.99. The van der Waals surface area contributed by atoms with Gasteiger partial charge in [0.05, 0.1) is 12.2 Å². The second-order valence-electron chi connectivity index (χ2n) is 5.17. The van der Waals surface area contributed by atoms with Crippen LogP contribution in [-0.2, 0) is 11.2 Å². The Balaban J connectivity index is 2.07. The summed E-state index contributed by atoms with van der Waals surface area (Å²) in [5.41, 5.74) is 0.748. The molecule has 1 aliphatic heterocycles. The van der Waals surface area contributed by atoms with Crippen molar-refractivity contribution in [2.45, 2.75) is 51.4 Å². The molecule has 2 rings (SSSR count). The highest BCUT2D eigenvalue weighted by molar-refractivity contribution is 9.10. The molecule has 0 aliphatic carbocycles. The van der Waals surface area contributed by atoms with Crippen molar-refractivity contribution in [2.75, 3.05) is 6.54 Å². The molecule has 106 valence electrons. The summed E-state index contributed by atoms with van der Waals surface area (Å²) in [6, 6.07) is 5.45. The number of nitrogens with one attached hydrogen (secondary N) is 1. The molecule has 0 aromatic heterocycles. The van der Waals surface area contributed by atoms with E-state index in [2.05, 4.69) is 35.1 Å². The minimum Gasteiger partial charge on any atom is -0.374 e. The number of hydrogen-bond acceptors (Lipinski definition) is 2. The Kier molecular flexibility index (Phi) is 5.37. The van der Waals surface area contributed by atoms with E-state index >= 15 is 0 Å². The number of likely N-dealkylation sites (N-methyl/N-ethyl adjacent to an activating group) is 1. The summed E-state index contributed by atoms with van der Waals surface area (Å²) in [5, 5.41) is 3.43. The lowest BCUT2D eigenvalue weighted by Crippen LogP contribution is -2.41. The van der Waals surface area contributed by atoms with E-state index in [1.54, 1.807) is 0 Å². The Labute approximate surface area is 122 Å². The number of ether oxygens (including phenoxy) is 1. The van der Waals surface area contributed by atoms with Crippen LogP contribution in [0.25, 0.3) is 0 Å². The van der Waals surface area contributed by atoms with Crippen LogP contribution >= 0.6 is 15.9 Å². The van der Waals surface area contributed by atoms with Crippen LogP contribution in [0.5, 0.6) is 0 Å². The van der Waals surface area contributed by atoms with E-state index in [4.69, 9.17) is 4.74 Å². The highest BCUT2D eigenvalue weighted by Gasteiger charge is 2.29. The fourth-order valence-corrected chi connectivity index (χ4v) is 2.98. The molecular formula is C15H21BrFNO. The SMILES string of the molecule is CCNC(Cc1ccc(Br)cc1F)C1CCC(C)O1. The average Bonchev–Trinajstić information content (AvgIpc) is 2.78. The van der Waals surface area contributed by atoms with Gasteiger partial charge in [-0.25, -0.2) is 4.39 Å². The fourth-order valence-electron chi connectivity index (χ4n) is 2.65. The van der Waals surface area contributed by atoms with Crippen molar-refractivity contribution in [3.05, 3.63) is 34.1 Å². The number of hydrogen-bond donors (Lipinski definition) is 1. The van der Waals surface area contributed by atoms with Crippen LogP contribution in [-0.4, -0.2) is 24.8 Å². The molecule has 1 aliphatic rings. The Bertz CT molecular complexity index is 427. The molecule has 0 spiro atoms. The van der Waals surface area contributed by atoms with Gasteiger partial charge in [0.25, 0.3) is 0 Å². The van der Waals surface area contributed by atoms with Gasteiger partial charge < -0.3 is 10.1 Å². The molecule has 1 fully saturated rings. The maximum Gasteiger partial charge on any atom is 0.127 e. The van der Waals surface area contributed by atoms with Gasteiger partial charge in [0.15, 0.2) is 0 Å². The van der Waals surface area contributed by atoms with Crippen LogP contribution in [0.4, 0.5) is 4.39 Å². The Morgan fingerprint density at radius 3 is 2.84 bits per heavy atom. The van der Waals surface area contributed by atoms with Crippen LogP contribution in [0, 0.1) is 5.82 Å². The third-order valence-electron chi connectivity index (χ3n) is 3.63. The summed E-state index contributed by atoms with van der Waals surface area (Å²) >= 11 is 3.29. The smallest absolute Gasteiger partial charge is 0.127 e. The number of halogens is 2. The molecule has 2 nitrogen and oxygen atoms in total. The quantitative estimate of drug-likeness (QED) is 0.889. The third-order valence-corrected chi connectivity index (χ3v) is 4.13. The zero-order chi connectivity index (χ0) is 13.8. The third kappa shape index (κ3) is 4.01. The monoisotopic (exact) mass is 329 g/mol. The molecule has 1 N–H and O–H groups in total. The first kappa shape index (κ1) is 14.9. The summed E-state index contributed by atoms with van der Waals surface area (Å²) < 4.78 is 20.6. The Hall–Kier alpha value is -0.450. The van der Waals surface area contributed by atoms with Crippen molar-refractivity contribution in [3.63, 3.8) is 0 Å². The molecule has 19 heavy (non-hydrogen) atoms. The molecule has 0 amide bonds. The van der Waals surface area contributed by atoms with Crippen molar-refractivity contribution >= 4 is 15.9 Å². The average molecular weight is 330 g/mol. The Morgan fingerprint density at radius 1 is 1.47 bits per heavy atom. The zero-order valence-electron chi connectivity index (χ0n) is 11.5. The molecule has 1 saturated heterocycles. The van der Waals surface area contributed by atoms with Gasteiger partial charge in [-0.05, 0) is 50.4 Å². The van der Waals surface area contributed by atoms with Gasteiger partial charge in [-0.3, -0.25) is 0 Å². The molecular weight excluding hydrogens is 309 g/mol. The molecule has 3 unspecified atom stereocenters. The van der Waals surface area contributed by atoms with Crippen molar-refractivity contribution < 1.29 is 9.13 Å². The van der Waals surface area contributed by atoms with E-state index in [9.17, 15) is 4.39 Å². The van der Waals surface area contributed by atoms with E-state index in [0.717, 1.165) is 29.4 Å². The summed E-state index contributed by atoms with van der Waals surface area (Å²) in [5.74, 6) is -0.150. The van der Waals surface area contributed by atoms with Gasteiger partial charge in [-0.1, -0.05) is 28.9 Å². The van der Waals surface area contributed by atoms with Crippen LogP contribution < -0.4 is 5.32 Å². The zero-order valence-corrected chi connectivity index (χ0v) is 13.0. The van der Waals surface area contributed by atoms with Gasteiger partial charge in [-0.15, -0.1) is 0 Å². The minimum atomic E-state index is -0.150. The fraction of sp³-hybridized carbons (Fsp3) is 0.600. The van der Waals surface area contributed by atoms with Gasteiger partial charge >= 0.3 is 0 Å². The topological polar surface area (TPSA) is 21.3 Å². The largest absolute Gasteiger partial charge is 0.374 e. The first-order valence-corrected chi connectivity index (χ1v) is 7.72. The lowest BCUT2D eigenvalue weighted by Gasteiger charge is -2.24. The van der Waals surface area contributed by atoms with Crippen molar-refractivity contribution in [2.24, 2.45) is 0 Å². The summed E-state index contributed by atoms with van der Waals surface area (Å²) in [6.07, 6.45) is 3.33. The summed E-state index contributed by atoms with van der Waals surface area (Å²) in [6.45, 7) is 5.05. The predicted molar refractivity (Wildman–Crippen MR) is 78.8 cm³/mol. The second-order valence-corrected chi connectivity index (χ2v) is 6.08. The number of benzene rings is 1. The van der Waals surface area contributed by atoms with E-state index in [1.165, 1.54) is 6.07 Å². The molecule has 3 atom stereocenters. The maximum absolute atomic E-state index is 13.9. The molecule has 4 heteroatoms. The first-order valence-electron chi connectivity index (χ1n) is 6.93. The minimum absolute atomic E-state index is 0.150. The molecule has 1 heterocycles. The maximum atomic E-state index is 13.9. The van der Waals surface area contributed by atoms with Crippen LogP contribution in [0.1, 0.15) is 32.3 Å².